The van der Waals surface area contributed by atoms with E-state index in [0.29, 0.717) is 12.0 Å². The molecule has 0 spiro atoms. The molecule has 4 nitrogen and oxygen atoms in total. The zero-order chi connectivity index (χ0) is 22.9. The molecule has 2 aromatic carbocycles. The van der Waals surface area contributed by atoms with Crippen LogP contribution in [0.2, 0.25) is 0 Å². The monoisotopic (exact) mass is 450 g/mol. The van der Waals surface area contributed by atoms with Crippen LogP contribution in [0.1, 0.15) is 62.0 Å². The number of nitrogens with one attached hydrogen (secondary N) is 1. The van der Waals surface area contributed by atoms with Crippen LogP contribution in [0.15, 0.2) is 54.6 Å². The highest BCUT2D eigenvalue weighted by molar-refractivity contribution is 5.68. The van der Waals surface area contributed by atoms with Crippen molar-refractivity contribution in [2.45, 2.75) is 68.9 Å². The van der Waals surface area contributed by atoms with Gasteiger partial charge in [-0.05, 0) is 86.7 Å². The summed E-state index contributed by atoms with van der Waals surface area (Å²) in [6, 6.07) is 18.2. The molecule has 2 saturated carbocycles. The summed E-state index contributed by atoms with van der Waals surface area (Å²) in [6.07, 6.45) is 7.61. The number of nitrogens with zero attached hydrogens (tertiary/aromatic N) is 1. The van der Waals surface area contributed by atoms with Crippen LogP contribution in [-0.2, 0) is 11.2 Å². The average molecular weight is 451 g/mol. The van der Waals surface area contributed by atoms with Gasteiger partial charge in [0.05, 0.1) is 6.42 Å². The van der Waals surface area contributed by atoms with Gasteiger partial charge in [-0.25, -0.2) is 4.39 Å². The van der Waals surface area contributed by atoms with Crippen LogP contribution in [0.25, 0.3) is 0 Å². The van der Waals surface area contributed by atoms with Crippen molar-refractivity contribution >= 4 is 5.97 Å². The Morgan fingerprint density at radius 2 is 1.73 bits per heavy atom. The summed E-state index contributed by atoms with van der Waals surface area (Å²) in [6.45, 7) is 2.85. The summed E-state index contributed by atoms with van der Waals surface area (Å²) in [7, 11) is 0. The molecular formula is C28H35FN2O2. The van der Waals surface area contributed by atoms with Crippen molar-refractivity contribution in [1.82, 2.24) is 10.2 Å². The Kier molecular flexibility index (Phi) is 6.28. The lowest BCUT2D eigenvalue weighted by Gasteiger charge is -2.54. The quantitative estimate of drug-likeness (QED) is 0.565. The van der Waals surface area contributed by atoms with Crippen LogP contribution in [0.5, 0.6) is 0 Å². The molecule has 176 valence electrons. The number of hydrogen-bond acceptors (Lipinski definition) is 3. The first-order valence-electron chi connectivity index (χ1n) is 12.5. The maximum atomic E-state index is 13.5. The highest BCUT2D eigenvalue weighted by atomic mass is 19.1. The summed E-state index contributed by atoms with van der Waals surface area (Å²) < 4.78 is 13.5. The van der Waals surface area contributed by atoms with Crippen LogP contribution in [0.3, 0.4) is 0 Å². The van der Waals surface area contributed by atoms with E-state index in [9.17, 15) is 14.3 Å². The second kappa shape index (κ2) is 9.19. The Bertz CT molecular complexity index is 950. The molecule has 3 aliphatic rings. The fourth-order valence-electron chi connectivity index (χ4n) is 6.21. The van der Waals surface area contributed by atoms with Gasteiger partial charge in [-0.1, -0.05) is 42.5 Å². The molecule has 2 atom stereocenters. The van der Waals surface area contributed by atoms with E-state index in [1.807, 2.05) is 12.1 Å². The number of rotatable bonds is 9. The second-order valence-electron chi connectivity index (χ2n) is 10.7. The third-order valence-corrected chi connectivity index (χ3v) is 8.51. The lowest BCUT2D eigenvalue weighted by molar-refractivity contribution is -0.144. The summed E-state index contributed by atoms with van der Waals surface area (Å²) in [5.74, 6) is -0.270. The fourth-order valence-corrected chi connectivity index (χ4v) is 6.21. The number of aliphatic carboxylic acids is 1. The molecule has 2 aliphatic carbocycles. The van der Waals surface area contributed by atoms with Gasteiger partial charge in [0.2, 0.25) is 0 Å². The van der Waals surface area contributed by atoms with Crippen LogP contribution in [-0.4, -0.2) is 47.2 Å². The van der Waals surface area contributed by atoms with E-state index in [2.05, 4.69) is 40.5 Å². The van der Waals surface area contributed by atoms with E-state index in [-0.39, 0.29) is 23.2 Å². The van der Waals surface area contributed by atoms with E-state index >= 15 is 0 Å². The first-order valence-corrected chi connectivity index (χ1v) is 12.5. The predicted molar refractivity (Wildman–Crippen MR) is 128 cm³/mol. The molecule has 1 saturated heterocycles. The van der Waals surface area contributed by atoms with Crippen LogP contribution in [0.4, 0.5) is 4.39 Å². The van der Waals surface area contributed by atoms with Crippen LogP contribution >= 0.6 is 0 Å². The molecule has 1 heterocycles. The minimum Gasteiger partial charge on any atom is -0.481 e. The molecule has 5 rings (SSSR count). The maximum Gasteiger partial charge on any atom is 0.305 e. The minimum atomic E-state index is -0.680. The lowest BCUT2D eigenvalue weighted by atomic mass is 9.68. The Hall–Kier alpha value is -2.24. The molecule has 2 N–H and O–H groups in total. The highest BCUT2D eigenvalue weighted by Gasteiger charge is 2.48. The van der Waals surface area contributed by atoms with Crippen molar-refractivity contribution in [2.75, 3.05) is 19.6 Å². The Balaban J connectivity index is 1.26. The number of halogens is 1. The SMILES string of the molecule is O=C(O)CC1(N2CCC(CN[C@@H]3C[C@H]3c3ccccc3)(Cc3ccc(F)cc3)CC2)CCC1. The highest BCUT2D eigenvalue weighted by Crippen LogP contribution is 2.46. The predicted octanol–water partition coefficient (Wildman–Crippen LogP) is 4.99. The molecule has 33 heavy (non-hydrogen) atoms. The zero-order valence-corrected chi connectivity index (χ0v) is 19.3. The smallest absolute Gasteiger partial charge is 0.305 e. The number of carboxylic acids is 1. The van der Waals surface area contributed by atoms with E-state index < -0.39 is 5.97 Å². The van der Waals surface area contributed by atoms with Gasteiger partial charge in [-0.2, -0.15) is 0 Å². The third kappa shape index (κ3) is 4.99. The number of piperidine rings is 1. The van der Waals surface area contributed by atoms with Crippen molar-refractivity contribution in [2.24, 2.45) is 5.41 Å². The topological polar surface area (TPSA) is 52.6 Å². The van der Waals surface area contributed by atoms with Gasteiger partial charge in [0.25, 0.3) is 0 Å². The van der Waals surface area contributed by atoms with Gasteiger partial charge in [0.15, 0.2) is 0 Å². The second-order valence-corrected chi connectivity index (χ2v) is 10.7. The van der Waals surface area contributed by atoms with Crippen molar-refractivity contribution in [3.05, 3.63) is 71.5 Å². The van der Waals surface area contributed by atoms with Crippen molar-refractivity contribution < 1.29 is 14.3 Å². The molecule has 0 radical (unpaired) electrons. The molecule has 0 unspecified atom stereocenters. The molecule has 2 aromatic rings. The van der Waals surface area contributed by atoms with Crippen molar-refractivity contribution in [1.29, 1.82) is 0 Å². The largest absolute Gasteiger partial charge is 0.481 e. The molecule has 0 aromatic heterocycles. The summed E-state index contributed by atoms with van der Waals surface area (Å²) in [4.78, 5) is 14.0. The van der Waals surface area contributed by atoms with E-state index in [4.69, 9.17) is 0 Å². The zero-order valence-electron chi connectivity index (χ0n) is 19.3. The maximum absolute atomic E-state index is 13.5. The fraction of sp³-hybridized carbons (Fsp3) is 0.536. The van der Waals surface area contributed by atoms with Gasteiger partial charge in [0.1, 0.15) is 5.82 Å². The van der Waals surface area contributed by atoms with Crippen LogP contribution < -0.4 is 5.32 Å². The first-order chi connectivity index (χ1) is 16.0. The lowest BCUT2D eigenvalue weighted by Crippen LogP contribution is -2.59. The van der Waals surface area contributed by atoms with Gasteiger partial charge in [0, 0.05) is 24.0 Å². The van der Waals surface area contributed by atoms with Gasteiger partial charge in [-0.15, -0.1) is 0 Å². The number of carboxylic acid groups (broad SMARTS) is 1. The van der Waals surface area contributed by atoms with Crippen LogP contribution in [0, 0.1) is 11.2 Å². The molecule has 0 bridgehead atoms. The van der Waals surface area contributed by atoms with Crippen molar-refractivity contribution in [3.63, 3.8) is 0 Å². The Morgan fingerprint density at radius 1 is 1.03 bits per heavy atom. The normalized spacial score (nSPS) is 25.8. The Labute approximate surface area is 196 Å². The first kappa shape index (κ1) is 22.5. The molecular weight excluding hydrogens is 415 g/mol. The average Bonchev–Trinajstić information content (AvgIpc) is 3.58. The van der Waals surface area contributed by atoms with E-state index in [0.717, 1.165) is 58.2 Å². The number of benzene rings is 2. The summed E-state index contributed by atoms with van der Waals surface area (Å²) >= 11 is 0. The summed E-state index contributed by atoms with van der Waals surface area (Å²) in [5, 5.41) is 13.3. The number of carbonyl (C=O) groups is 1. The van der Waals surface area contributed by atoms with E-state index in [1.54, 1.807) is 12.1 Å². The standard InChI is InChI=1S/C28H35FN2O2/c29-23-9-7-21(8-10-23)18-27(20-30-25-17-24(25)22-5-2-1-3-6-22)13-15-31(16-14-27)28(11-4-12-28)19-26(32)33/h1-3,5-10,24-25,30H,4,11-20H2,(H,32,33)/t24-,25+/m0/s1. The third-order valence-electron chi connectivity index (χ3n) is 8.51. The van der Waals surface area contributed by atoms with Gasteiger partial charge >= 0.3 is 5.97 Å². The van der Waals surface area contributed by atoms with Gasteiger partial charge in [-0.3, -0.25) is 9.69 Å². The molecule has 5 heteroatoms. The molecule has 1 aliphatic heterocycles. The van der Waals surface area contributed by atoms with E-state index in [1.165, 1.54) is 17.5 Å². The Morgan fingerprint density at radius 3 is 2.33 bits per heavy atom. The number of hydrogen-bond donors (Lipinski definition) is 2. The summed E-state index contributed by atoms with van der Waals surface area (Å²) in [5.41, 5.74) is 2.59. The molecule has 3 fully saturated rings. The minimum absolute atomic E-state index is 0.117. The molecule has 0 amide bonds. The van der Waals surface area contributed by atoms with Gasteiger partial charge < -0.3 is 10.4 Å². The van der Waals surface area contributed by atoms with Crippen molar-refractivity contribution in [3.8, 4) is 0 Å². The number of likely N-dealkylation sites (tertiary alicyclic amines) is 1.